The van der Waals surface area contributed by atoms with Gasteiger partial charge in [-0.05, 0) is 24.8 Å². The van der Waals surface area contributed by atoms with Crippen molar-refractivity contribution in [3.63, 3.8) is 0 Å². The molecule has 2 saturated heterocycles. The minimum Gasteiger partial charge on any atom is -0.448 e. The van der Waals surface area contributed by atoms with E-state index in [9.17, 15) is 4.79 Å². The zero-order valence-corrected chi connectivity index (χ0v) is 13.7. The number of carbonyl (C=O) groups excluding carboxylic acids is 1. The average molecular weight is 318 g/mol. The van der Waals surface area contributed by atoms with Crippen molar-refractivity contribution in [3.8, 4) is 0 Å². The summed E-state index contributed by atoms with van der Waals surface area (Å²) >= 11 is 0. The van der Waals surface area contributed by atoms with Crippen LogP contribution in [0.15, 0.2) is 30.3 Å². The molecule has 0 radical (unpaired) electrons. The second kappa shape index (κ2) is 8.31. The molecule has 0 aromatic heterocycles. The topological polar surface area (TPSA) is 42.0 Å². The molecule has 0 unspecified atom stereocenters. The summed E-state index contributed by atoms with van der Waals surface area (Å²) in [5.74, 6) is 0. The highest BCUT2D eigenvalue weighted by Crippen LogP contribution is 2.21. The Morgan fingerprint density at radius 1 is 1.13 bits per heavy atom. The molecule has 1 amide bonds. The van der Waals surface area contributed by atoms with Crippen molar-refractivity contribution in [3.05, 3.63) is 35.9 Å². The predicted molar refractivity (Wildman–Crippen MR) is 88.3 cm³/mol. The van der Waals surface area contributed by atoms with Crippen LogP contribution in [0.5, 0.6) is 0 Å². The number of morpholine rings is 1. The van der Waals surface area contributed by atoms with E-state index in [1.165, 1.54) is 12.0 Å². The number of carbonyl (C=O) groups is 1. The Kier molecular flexibility index (Phi) is 5.88. The highest BCUT2D eigenvalue weighted by atomic mass is 16.6. The Morgan fingerprint density at radius 2 is 1.91 bits per heavy atom. The first-order valence-corrected chi connectivity index (χ1v) is 8.63. The van der Waals surface area contributed by atoms with Crippen molar-refractivity contribution in [1.29, 1.82) is 0 Å². The van der Waals surface area contributed by atoms with Crippen LogP contribution in [0.2, 0.25) is 0 Å². The Bertz CT molecular complexity index is 488. The number of rotatable bonds is 4. The van der Waals surface area contributed by atoms with Crippen LogP contribution < -0.4 is 0 Å². The van der Waals surface area contributed by atoms with Crippen molar-refractivity contribution >= 4 is 6.09 Å². The van der Waals surface area contributed by atoms with E-state index in [4.69, 9.17) is 9.47 Å². The van der Waals surface area contributed by atoms with Gasteiger partial charge in [0.25, 0.3) is 0 Å². The fourth-order valence-corrected chi connectivity index (χ4v) is 3.20. The number of piperidine rings is 1. The third kappa shape index (κ3) is 4.69. The molecular formula is C18H26N2O3. The van der Waals surface area contributed by atoms with E-state index in [-0.39, 0.29) is 12.2 Å². The third-order valence-electron chi connectivity index (χ3n) is 4.57. The second-order valence-electron chi connectivity index (χ2n) is 6.23. The summed E-state index contributed by atoms with van der Waals surface area (Å²) in [6.45, 7) is 5.37. The molecule has 0 bridgehead atoms. The van der Waals surface area contributed by atoms with Crippen LogP contribution in [-0.2, 0) is 9.47 Å². The second-order valence-corrected chi connectivity index (χ2v) is 6.23. The van der Waals surface area contributed by atoms with E-state index in [1.807, 2.05) is 23.1 Å². The van der Waals surface area contributed by atoms with Crippen molar-refractivity contribution in [2.24, 2.45) is 0 Å². The molecule has 5 nitrogen and oxygen atoms in total. The summed E-state index contributed by atoms with van der Waals surface area (Å²) < 4.78 is 11.3. The number of hydrogen-bond acceptors (Lipinski definition) is 4. The summed E-state index contributed by atoms with van der Waals surface area (Å²) in [5, 5.41) is 0. The summed E-state index contributed by atoms with van der Waals surface area (Å²) in [6, 6.07) is 10.3. The van der Waals surface area contributed by atoms with Gasteiger partial charge in [-0.3, -0.25) is 4.90 Å². The van der Waals surface area contributed by atoms with Gasteiger partial charge in [0.1, 0.15) is 6.61 Å². The molecule has 3 rings (SSSR count). The van der Waals surface area contributed by atoms with Gasteiger partial charge in [-0.25, -0.2) is 4.79 Å². The minimum absolute atomic E-state index is 0.114. The van der Waals surface area contributed by atoms with Crippen LogP contribution >= 0.6 is 0 Å². The first kappa shape index (κ1) is 16.3. The summed E-state index contributed by atoms with van der Waals surface area (Å²) in [6.07, 6.45) is 3.37. The maximum atomic E-state index is 12.0. The summed E-state index contributed by atoms with van der Waals surface area (Å²) in [7, 11) is 0. The molecule has 126 valence electrons. The molecule has 1 aromatic rings. The van der Waals surface area contributed by atoms with Crippen molar-refractivity contribution in [1.82, 2.24) is 9.80 Å². The van der Waals surface area contributed by atoms with E-state index in [0.717, 1.165) is 52.2 Å². The number of amides is 1. The lowest BCUT2D eigenvalue weighted by molar-refractivity contribution is -0.0353. The molecule has 5 heteroatoms. The van der Waals surface area contributed by atoms with E-state index in [2.05, 4.69) is 17.0 Å². The van der Waals surface area contributed by atoms with Crippen LogP contribution in [0.3, 0.4) is 0 Å². The van der Waals surface area contributed by atoms with Crippen LogP contribution in [-0.4, -0.2) is 61.8 Å². The molecule has 1 aromatic carbocycles. The van der Waals surface area contributed by atoms with Gasteiger partial charge >= 0.3 is 6.09 Å². The van der Waals surface area contributed by atoms with Crippen LogP contribution in [0.4, 0.5) is 4.79 Å². The Labute approximate surface area is 138 Å². The number of ether oxygens (including phenoxy) is 2. The molecule has 2 fully saturated rings. The summed E-state index contributed by atoms with van der Waals surface area (Å²) in [5.41, 5.74) is 1.21. The molecule has 0 aliphatic carbocycles. The molecule has 0 spiro atoms. The highest BCUT2D eigenvalue weighted by Gasteiger charge is 2.22. The quantitative estimate of drug-likeness (QED) is 0.856. The largest absolute Gasteiger partial charge is 0.448 e. The standard InChI is InChI=1S/C18H26N2O3/c21-18(20-9-5-2-6-10-20)23-14-12-19-11-13-22-17(15-19)16-7-3-1-4-8-16/h1,3-4,7-8,17H,2,5-6,9-15H2/t17-/m0/s1. The van der Waals surface area contributed by atoms with Gasteiger partial charge in [-0.15, -0.1) is 0 Å². The molecule has 2 aliphatic rings. The zero-order valence-electron chi connectivity index (χ0n) is 13.7. The Balaban J connectivity index is 1.40. The number of benzene rings is 1. The lowest BCUT2D eigenvalue weighted by atomic mass is 10.1. The number of nitrogens with zero attached hydrogens (tertiary/aromatic N) is 2. The average Bonchev–Trinajstić information content (AvgIpc) is 2.63. The van der Waals surface area contributed by atoms with Gasteiger partial charge < -0.3 is 14.4 Å². The zero-order chi connectivity index (χ0) is 15.9. The normalized spacial score (nSPS) is 22.8. The maximum Gasteiger partial charge on any atom is 0.409 e. The number of likely N-dealkylation sites (tertiary alicyclic amines) is 1. The molecule has 23 heavy (non-hydrogen) atoms. The molecule has 0 N–H and O–H groups in total. The Hall–Kier alpha value is -1.59. The maximum absolute atomic E-state index is 12.0. The fourth-order valence-electron chi connectivity index (χ4n) is 3.20. The minimum atomic E-state index is -0.155. The van der Waals surface area contributed by atoms with Crippen LogP contribution in [0.1, 0.15) is 30.9 Å². The van der Waals surface area contributed by atoms with Crippen molar-refractivity contribution in [2.75, 3.05) is 45.9 Å². The van der Waals surface area contributed by atoms with Gasteiger partial charge in [0, 0.05) is 32.7 Å². The van der Waals surface area contributed by atoms with Crippen molar-refractivity contribution < 1.29 is 14.3 Å². The highest BCUT2D eigenvalue weighted by molar-refractivity contribution is 5.67. The molecule has 2 aliphatic heterocycles. The van der Waals surface area contributed by atoms with Gasteiger partial charge in [-0.2, -0.15) is 0 Å². The monoisotopic (exact) mass is 318 g/mol. The van der Waals surface area contributed by atoms with E-state index < -0.39 is 0 Å². The smallest absolute Gasteiger partial charge is 0.409 e. The van der Waals surface area contributed by atoms with E-state index in [0.29, 0.717) is 6.61 Å². The van der Waals surface area contributed by atoms with Crippen LogP contribution in [0, 0.1) is 0 Å². The van der Waals surface area contributed by atoms with Gasteiger partial charge in [0.15, 0.2) is 0 Å². The van der Waals surface area contributed by atoms with Gasteiger partial charge in [-0.1, -0.05) is 30.3 Å². The molecular weight excluding hydrogens is 292 g/mol. The van der Waals surface area contributed by atoms with Gasteiger partial charge in [0.2, 0.25) is 0 Å². The fraction of sp³-hybridized carbons (Fsp3) is 0.611. The Morgan fingerprint density at radius 3 is 2.70 bits per heavy atom. The van der Waals surface area contributed by atoms with E-state index >= 15 is 0 Å². The number of hydrogen-bond donors (Lipinski definition) is 0. The predicted octanol–water partition coefficient (Wildman–Crippen LogP) is 2.68. The lowest BCUT2D eigenvalue weighted by Crippen LogP contribution is -2.41. The van der Waals surface area contributed by atoms with Gasteiger partial charge in [0.05, 0.1) is 12.7 Å². The molecule has 2 heterocycles. The molecule has 1 atom stereocenters. The van der Waals surface area contributed by atoms with Crippen LogP contribution in [0.25, 0.3) is 0 Å². The summed E-state index contributed by atoms with van der Waals surface area (Å²) in [4.78, 5) is 16.1. The third-order valence-corrected chi connectivity index (χ3v) is 4.57. The van der Waals surface area contributed by atoms with E-state index in [1.54, 1.807) is 0 Å². The molecule has 0 saturated carbocycles. The SMILES string of the molecule is O=C(OCCN1CCO[C@H](c2ccccc2)C1)N1CCCCC1. The lowest BCUT2D eigenvalue weighted by Gasteiger charge is -2.33. The van der Waals surface area contributed by atoms with Crippen molar-refractivity contribution in [2.45, 2.75) is 25.4 Å². The first-order valence-electron chi connectivity index (χ1n) is 8.63. The first-order chi connectivity index (χ1) is 11.3.